The van der Waals surface area contributed by atoms with Gasteiger partial charge in [-0.1, -0.05) is 19.8 Å². The molecule has 0 aromatic rings. The smallest absolute Gasteiger partial charge is 0.323 e. The fourth-order valence-corrected chi connectivity index (χ4v) is 3.31. The van der Waals surface area contributed by atoms with E-state index in [1.807, 2.05) is 0 Å². The largest absolute Gasteiger partial charge is 0.468 e. The first-order chi connectivity index (χ1) is 8.11. The lowest BCUT2D eigenvalue weighted by Crippen LogP contribution is -2.45. The van der Waals surface area contributed by atoms with Gasteiger partial charge in [0.05, 0.1) is 13.2 Å². The summed E-state index contributed by atoms with van der Waals surface area (Å²) in [6.45, 7) is 2.89. The van der Waals surface area contributed by atoms with Gasteiger partial charge in [-0.15, -0.1) is 0 Å². The number of likely N-dealkylation sites (tertiary alicyclic amines) is 1. The zero-order valence-electron chi connectivity index (χ0n) is 10.8. The molecule has 0 radical (unpaired) electrons. The van der Waals surface area contributed by atoms with Crippen LogP contribution in [-0.4, -0.2) is 47.8 Å². The summed E-state index contributed by atoms with van der Waals surface area (Å²) in [4.78, 5) is 13.9. The standard InChI is InChI=1S/C13H23NO3/c1-9-4-3-5-10(6-9)14-8-11(15)7-12(14)13(16)17-2/h9-12,15H,3-8H2,1-2H3. The Hall–Kier alpha value is -0.610. The molecule has 2 aliphatic rings. The summed E-state index contributed by atoms with van der Waals surface area (Å²) in [6.07, 6.45) is 4.95. The fraction of sp³-hybridized carbons (Fsp3) is 0.923. The fourth-order valence-electron chi connectivity index (χ4n) is 3.31. The zero-order valence-corrected chi connectivity index (χ0v) is 10.8. The number of aliphatic hydroxyl groups is 1. The second-order valence-corrected chi connectivity index (χ2v) is 5.55. The van der Waals surface area contributed by atoms with Crippen LogP contribution in [0.25, 0.3) is 0 Å². The number of hydrogen-bond acceptors (Lipinski definition) is 4. The number of methoxy groups -OCH3 is 1. The van der Waals surface area contributed by atoms with Crippen LogP contribution in [0.2, 0.25) is 0 Å². The lowest BCUT2D eigenvalue weighted by Gasteiger charge is -2.36. The van der Waals surface area contributed by atoms with E-state index < -0.39 is 0 Å². The Kier molecular flexibility index (Phi) is 4.05. The number of carbonyl (C=O) groups excluding carboxylic acids is 1. The van der Waals surface area contributed by atoms with Crippen LogP contribution >= 0.6 is 0 Å². The van der Waals surface area contributed by atoms with Crippen molar-refractivity contribution in [1.82, 2.24) is 4.90 Å². The summed E-state index contributed by atoms with van der Waals surface area (Å²) in [5, 5.41) is 9.76. The minimum atomic E-state index is -0.378. The Morgan fingerprint density at radius 1 is 1.35 bits per heavy atom. The minimum absolute atomic E-state index is 0.195. The van der Waals surface area contributed by atoms with Crippen molar-refractivity contribution in [3.8, 4) is 0 Å². The van der Waals surface area contributed by atoms with Crippen LogP contribution in [0.3, 0.4) is 0 Å². The van der Waals surface area contributed by atoms with Crippen LogP contribution < -0.4 is 0 Å². The van der Waals surface area contributed by atoms with Crippen molar-refractivity contribution in [1.29, 1.82) is 0 Å². The second-order valence-electron chi connectivity index (χ2n) is 5.55. The van der Waals surface area contributed by atoms with Gasteiger partial charge in [0.15, 0.2) is 0 Å². The van der Waals surface area contributed by atoms with E-state index in [-0.39, 0.29) is 18.1 Å². The molecule has 4 nitrogen and oxygen atoms in total. The van der Waals surface area contributed by atoms with Crippen molar-refractivity contribution in [2.45, 2.75) is 57.2 Å². The van der Waals surface area contributed by atoms with E-state index in [0.717, 1.165) is 18.8 Å². The minimum Gasteiger partial charge on any atom is -0.468 e. The topological polar surface area (TPSA) is 49.8 Å². The first-order valence-corrected chi connectivity index (χ1v) is 6.63. The summed E-state index contributed by atoms with van der Waals surface area (Å²) in [5.41, 5.74) is 0. The van der Waals surface area contributed by atoms with Crippen LogP contribution in [0.1, 0.15) is 39.0 Å². The third-order valence-corrected chi connectivity index (χ3v) is 4.17. The van der Waals surface area contributed by atoms with E-state index in [1.54, 1.807) is 0 Å². The van der Waals surface area contributed by atoms with Gasteiger partial charge in [0.2, 0.25) is 0 Å². The van der Waals surface area contributed by atoms with Gasteiger partial charge < -0.3 is 9.84 Å². The van der Waals surface area contributed by atoms with E-state index in [2.05, 4.69) is 11.8 Å². The number of carbonyl (C=O) groups is 1. The molecule has 1 saturated heterocycles. The molecule has 0 amide bonds. The number of hydrogen-bond donors (Lipinski definition) is 1. The van der Waals surface area contributed by atoms with E-state index in [9.17, 15) is 9.90 Å². The molecule has 1 heterocycles. The van der Waals surface area contributed by atoms with Gasteiger partial charge in [0.1, 0.15) is 6.04 Å². The number of esters is 1. The molecule has 1 aliphatic heterocycles. The van der Waals surface area contributed by atoms with E-state index >= 15 is 0 Å². The summed E-state index contributed by atoms with van der Waals surface area (Å²) < 4.78 is 4.84. The molecule has 17 heavy (non-hydrogen) atoms. The quantitative estimate of drug-likeness (QED) is 0.737. The summed E-state index contributed by atoms with van der Waals surface area (Å²) in [5.74, 6) is 0.532. The van der Waals surface area contributed by atoms with Crippen molar-refractivity contribution < 1.29 is 14.6 Å². The number of rotatable bonds is 2. The molecule has 0 bridgehead atoms. The highest BCUT2D eigenvalue weighted by Crippen LogP contribution is 2.32. The Morgan fingerprint density at radius 2 is 2.12 bits per heavy atom. The average molecular weight is 241 g/mol. The molecule has 1 saturated carbocycles. The molecular weight excluding hydrogens is 218 g/mol. The SMILES string of the molecule is COC(=O)C1CC(O)CN1C1CCCC(C)C1. The molecule has 98 valence electrons. The number of nitrogens with zero attached hydrogens (tertiary/aromatic N) is 1. The van der Waals surface area contributed by atoms with E-state index in [1.165, 1.54) is 20.0 Å². The van der Waals surface area contributed by atoms with Crippen LogP contribution in [0, 0.1) is 5.92 Å². The van der Waals surface area contributed by atoms with Crippen LogP contribution in [0.4, 0.5) is 0 Å². The Bertz CT molecular complexity index is 282. The number of ether oxygens (including phenoxy) is 1. The first-order valence-electron chi connectivity index (χ1n) is 6.63. The predicted molar refractivity (Wildman–Crippen MR) is 64.6 cm³/mol. The van der Waals surface area contributed by atoms with Gasteiger partial charge in [-0.25, -0.2) is 0 Å². The molecule has 1 N–H and O–H groups in total. The zero-order chi connectivity index (χ0) is 12.4. The second kappa shape index (κ2) is 5.36. The Labute approximate surface area is 103 Å². The number of β-amino-alcohol motifs (C(OH)–C–C–N with tert-alkyl or cyclic N) is 1. The Balaban J connectivity index is 2.04. The van der Waals surface area contributed by atoms with Crippen LogP contribution in [0.5, 0.6) is 0 Å². The predicted octanol–water partition coefficient (Wildman–Crippen LogP) is 1.17. The van der Waals surface area contributed by atoms with Crippen molar-refractivity contribution in [3.63, 3.8) is 0 Å². The lowest BCUT2D eigenvalue weighted by molar-refractivity contribution is -0.147. The van der Waals surface area contributed by atoms with Gasteiger partial charge in [0.25, 0.3) is 0 Å². The lowest BCUT2D eigenvalue weighted by atomic mass is 9.86. The summed E-state index contributed by atoms with van der Waals surface area (Å²) in [6, 6.07) is 0.213. The van der Waals surface area contributed by atoms with Crippen molar-refractivity contribution in [3.05, 3.63) is 0 Å². The molecule has 4 unspecified atom stereocenters. The third-order valence-electron chi connectivity index (χ3n) is 4.17. The highest BCUT2D eigenvalue weighted by atomic mass is 16.5. The molecule has 0 aromatic heterocycles. The molecule has 2 fully saturated rings. The maximum Gasteiger partial charge on any atom is 0.323 e. The molecule has 2 rings (SSSR count). The van der Waals surface area contributed by atoms with Crippen molar-refractivity contribution in [2.75, 3.05) is 13.7 Å². The van der Waals surface area contributed by atoms with Crippen molar-refractivity contribution in [2.24, 2.45) is 5.92 Å². The maximum atomic E-state index is 11.7. The first kappa shape index (κ1) is 12.8. The monoisotopic (exact) mass is 241 g/mol. The molecule has 4 heteroatoms. The number of aliphatic hydroxyl groups excluding tert-OH is 1. The van der Waals surface area contributed by atoms with Crippen molar-refractivity contribution >= 4 is 5.97 Å². The highest BCUT2D eigenvalue weighted by Gasteiger charge is 2.41. The Morgan fingerprint density at radius 3 is 2.76 bits per heavy atom. The van der Waals surface area contributed by atoms with Gasteiger partial charge in [0, 0.05) is 19.0 Å². The van der Waals surface area contributed by atoms with Crippen LogP contribution in [0.15, 0.2) is 0 Å². The highest BCUT2D eigenvalue weighted by molar-refractivity contribution is 5.76. The summed E-state index contributed by atoms with van der Waals surface area (Å²) >= 11 is 0. The summed E-state index contributed by atoms with van der Waals surface area (Å²) in [7, 11) is 1.43. The van der Waals surface area contributed by atoms with Gasteiger partial charge in [-0.2, -0.15) is 0 Å². The average Bonchev–Trinajstić information content (AvgIpc) is 2.70. The van der Waals surface area contributed by atoms with E-state index in [0.29, 0.717) is 19.0 Å². The maximum absolute atomic E-state index is 11.7. The van der Waals surface area contributed by atoms with Gasteiger partial charge in [-0.05, 0) is 18.8 Å². The third kappa shape index (κ3) is 2.80. The normalized spacial score (nSPS) is 39.2. The molecule has 4 atom stereocenters. The molecular formula is C13H23NO3. The van der Waals surface area contributed by atoms with Crippen LogP contribution in [-0.2, 0) is 9.53 Å². The van der Waals surface area contributed by atoms with E-state index in [4.69, 9.17) is 4.74 Å². The molecule has 1 aliphatic carbocycles. The van der Waals surface area contributed by atoms with Gasteiger partial charge >= 0.3 is 5.97 Å². The van der Waals surface area contributed by atoms with Gasteiger partial charge in [-0.3, -0.25) is 9.69 Å². The molecule has 0 spiro atoms. The molecule has 0 aromatic carbocycles.